The summed E-state index contributed by atoms with van der Waals surface area (Å²) in [4.78, 5) is 12.5. The highest BCUT2D eigenvalue weighted by atomic mass is 35.5. The van der Waals surface area contributed by atoms with Crippen molar-refractivity contribution in [2.45, 2.75) is 0 Å². The van der Waals surface area contributed by atoms with Gasteiger partial charge in [-0.05, 0) is 5.04 Å². The van der Waals surface area contributed by atoms with Gasteiger partial charge in [-0.2, -0.15) is 0 Å². The van der Waals surface area contributed by atoms with Gasteiger partial charge in [-0.25, -0.2) is 10.1 Å². The molecule has 0 aliphatic carbocycles. The van der Waals surface area contributed by atoms with E-state index in [4.69, 9.17) is 5.26 Å². The molecule has 0 spiro atoms. The maximum absolute atomic E-state index is 9.30. The normalized spacial score (nSPS) is 7.67. The Bertz CT molecular complexity index is 51.5. The Kier molecular flexibility index (Phi) is 2.74. The topological polar surface area (TPSA) is 55.8 Å². The van der Waals surface area contributed by atoms with Crippen molar-refractivity contribution in [3.8, 4) is 0 Å². The number of hydrogen-bond acceptors (Lipinski definition) is 4. The summed E-state index contributed by atoms with van der Waals surface area (Å²) in [6, 6.07) is 0. The summed E-state index contributed by atoms with van der Waals surface area (Å²) in [5.41, 5.74) is -1.21. The van der Waals surface area contributed by atoms with Crippen molar-refractivity contribution in [1.29, 1.82) is 0 Å². The van der Waals surface area contributed by atoms with Gasteiger partial charge >= 0.3 is 5.43 Å². The van der Waals surface area contributed by atoms with Gasteiger partial charge in [0, 0.05) is 11.6 Å². The molecule has 0 saturated carbocycles. The van der Waals surface area contributed by atoms with Crippen LogP contribution in [0.5, 0.6) is 0 Å². The minimum Gasteiger partial charge on any atom is -0.251 e. The van der Waals surface area contributed by atoms with Crippen LogP contribution >= 0.6 is 11.6 Å². The molecule has 0 rings (SSSR count). The largest absolute Gasteiger partial charge is 0.438 e. The zero-order valence-corrected chi connectivity index (χ0v) is 3.31. The number of halogens is 1. The summed E-state index contributed by atoms with van der Waals surface area (Å²) in [6.07, 6.45) is 0. The van der Waals surface area contributed by atoms with Crippen molar-refractivity contribution in [1.82, 2.24) is 0 Å². The number of carbonyl (C=O) groups excluding carboxylic acids is 1. The van der Waals surface area contributed by atoms with Crippen molar-refractivity contribution in [2.24, 2.45) is 0 Å². The lowest BCUT2D eigenvalue weighted by atomic mass is 11.6. The fourth-order valence-electron chi connectivity index (χ4n) is 0.0293. The Morgan fingerprint density at radius 2 is 2.33 bits per heavy atom. The molecule has 0 aromatic heterocycles. The van der Waals surface area contributed by atoms with Crippen LogP contribution in [0.1, 0.15) is 0 Å². The molecule has 0 aliphatic heterocycles. The summed E-state index contributed by atoms with van der Waals surface area (Å²) >= 11 is 4.43. The first-order valence-electron chi connectivity index (χ1n) is 0.946. The molecule has 0 saturated heterocycles. The van der Waals surface area contributed by atoms with E-state index in [1.54, 1.807) is 0 Å². The second-order valence-electron chi connectivity index (χ2n) is 0.396. The van der Waals surface area contributed by atoms with E-state index < -0.39 is 5.43 Å². The molecular weight excluding hydrogens is 111 g/mol. The van der Waals surface area contributed by atoms with Crippen LogP contribution in [0.15, 0.2) is 0 Å². The first-order valence-corrected chi connectivity index (χ1v) is 1.32. The van der Waals surface area contributed by atoms with Gasteiger partial charge in [0.25, 0.3) is 0 Å². The lowest BCUT2D eigenvalue weighted by Crippen LogP contribution is -1.89. The van der Waals surface area contributed by atoms with E-state index in [9.17, 15) is 4.79 Å². The quantitative estimate of drug-likeness (QED) is 0.309. The Morgan fingerprint density at radius 1 is 1.83 bits per heavy atom. The van der Waals surface area contributed by atoms with Crippen LogP contribution in [0, 0.1) is 0 Å². The standard InChI is InChI=1S/CHClO4/c2-1(3)5-6-4/h4H. The van der Waals surface area contributed by atoms with Crippen molar-refractivity contribution in [2.75, 3.05) is 0 Å². The van der Waals surface area contributed by atoms with Crippen molar-refractivity contribution < 1.29 is 20.0 Å². The van der Waals surface area contributed by atoms with Crippen molar-refractivity contribution in [3.05, 3.63) is 0 Å². The van der Waals surface area contributed by atoms with Crippen LogP contribution in [0.4, 0.5) is 4.79 Å². The zero-order chi connectivity index (χ0) is 4.99. The van der Waals surface area contributed by atoms with Gasteiger partial charge in [-0.1, -0.05) is 0 Å². The van der Waals surface area contributed by atoms with Gasteiger partial charge in [-0.3, -0.25) is 4.89 Å². The Balaban J connectivity index is 2.83. The van der Waals surface area contributed by atoms with Gasteiger partial charge in [0.05, 0.1) is 0 Å². The van der Waals surface area contributed by atoms with Crippen molar-refractivity contribution in [3.63, 3.8) is 0 Å². The van der Waals surface area contributed by atoms with E-state index in [1.165, 1.54) is 0 Å². The Hall–Kier alpha value is -0.320. The van der Waals surface area contributed by atoms with E-state index in [1.807, 2.05) is 0 Å². The molecule has 0 fully saturated rings. The van der Waals surface area contributed by atoms with Crippen molar-refractivity contribution >= 4 is 17.0 Å². The molecule has 36 valence electrons. The predicted molar refractivity (Wildman–Crippen MR) is 16.0 cm³/mol. The maximum Gasteiger partial charge on any atom is 0.438 e. The van der Waals surface area contributed by atoms with E-state index in [2.05, 4.69) is 21.5 Å². The van der Waals surface area contributed by atoms with Gasteiger partial charge in [0.2, 0.25) is 0 Å². The summed E-state index contributed by atoms with van der Waals surface area (Å²) < 4.78 is 0. The lowest BCUT2D eigenvalue weighted by Gasteiger charge is -1.82. The summed E-state index contributed by atoms with van der Waals surface area (Å²) in [6.45, 7) is 0. The molecule has 0 amide bonds. The molecule has 0 radical (unpaired) electrons. The Labute approximate surface area is 38.1 Å². The van der Waals surface area contributed by atoms with Crippen LogP contribution < -0.4 is 0 Å². The fourth-order valence-corrected chi connectivity index (χ4v) is 0.0575. The highest BCUT2D eigenvalue weighted by Crippen LogP contribution is 1.82. The van der Waals surface area contributed by atoms with Crippen LogP contribution in [0.25, 0.3) is 0 Å². The molecule has 0 bridgehead atoms. The molecule has 1 N–H and O–H groups in total. The maximum atomic E-state index is 9.30. The van der Waals surface area contributed by atoms with Gasteiger partial charge < -0.3 is 0 Å². The van der Waals surface area contributed by atoms with Gasteiger partial charge in [0.1, 0.15) is 0 Å². The first kappa shape index (κ1) is 5.68. The molecule has 0 aliphatic rings. The third-order valence-corrected chi connectivity index (χ3v) is 0.166. The zero-order valence-electron chi connectivity index (χ0n) is 2.55. The highest BCUT2D eigenvalue weighted by molar-refractivity contribution is 6.61. The summed E-state index contributed by atoms with van der Waals surface area (Å²) in [7, 11) is 0. The van der Waals surface area contributed by atoms with Crippen LogP contribution in [-0.2, 0) is 9.93 Å². The van der Waals surface area contributed by atoms with Crippen LogP contribution in [0.3, 0.4) is 0 Å². The van der Waals surface area contributed by atoms with Gasteiger partial charge in [0.15, 0.2) is 0 Å². The van der Waals surface area contributed by atoms with E-state index >= 15 is 0 Å². The summed E-state index contributed by atoms with van der Waals surface area (Å²) in [5.74, 6) is 0. The molecule has 0 heterocycles. The molecule has 0 unspecified atom stereocenters. The minimum atomic E-state index is -1.21. The number of rotatable bonds is 1. The first-order chi connectivity index (χ1) is 2.77. The second-order valence-corrected chi connectivity index (χ2v) is 0.704. The number of carbonyl (C=O) groups is 1. The SMILES string of the molecule is O=C(Cl)OOO. The fraction of sp³-hybridized carbons (Fsp3) is 0. The van der Waals surface area contributed by atoms with Gasteiger partial charge in [-0.15, -0.1) is 0 Å². The van der Waals surface area contributed by atoms with E-state index in [-0.39, 0.29) is 0 Å². The van der Waals surface area contributed by atoms with E-state index in [0.717, 1.165) is 0 Å². The third kappa shape index (κ3) is 3.68. The summed E-state index contributed by atoms with van der Waals surface area (Å²) in [5, 5.41) is 10.0. The van der Waals surface area contributed by atoms with Crippen LogP contribution in [-0.4, -0.2) is 10.7 Å². The smallest absolute Gasteiger partial charge is 0.251 e. The highest BCUT2D eigenvalue weighted by Gasteiger charge is 1.90. The average molecular weight is 112 g/mol. The van der Waals surface area contributed by atoms with E-state index in [0.29, 0.717) is 0 Å². The molecule has 5 heteroatoms. The molecule has 0 atom stereocenters. The molecule has 0 aromatic rings. The second kappa shape index (κ2) is 2.89. The third-order valence-electron chi connectivity index (χ3n) is 0.103. The lowest BCUT2D eigenvalue weighted by molar-refractivity contribution is -0.452. The molecule has 4 nitrogen and oxygen atoms in total. The predicted octanol–water partition coefficient (Wildman–Crippen LogP) is 0.766. The number of hydrogen-bond donors (Lipinski definition) is 1. The minimum absolute atomic E-state index is 1.21. The monoisotopic (exact) mass is 112 g/mol. The molecule has 6 heavy (non-hydrogen) atoms. The molecular formula is CHClO4. The average Bonchev–Trinajstić information content (AvgIpc) is 1.35. The Morgan fingerprint density at radius 3 is 2.33 bits per heavy atom. The molecule has 0 aromatic carbocycles. The van der Waals surface area contributed by atoms with Crippen LogP contribution in [0.2, 0.25) is 0 Å².